The number of urea groups is 1. The lowest BCUT2D eigenvalue weighted by Crippen LogP contribution is -2.23. The third-order valence-electron chi connectivity index (χ3n) is 3.20. The van der Waals surface area contributed by atoms with E-state index in [0.717, 1.165) is 15.8 Å². The average Bonchev–Trinajstić information content (AvgIpc) is 2.79. The number of nitrogens with zero attached hydrogens (tertiary/aromatic N) is 2. The van der Waals surface area contributed by atoms with Crippen LogP contribution in [-0.2, 0) is 0 Å². The molecule has 1 aliphatic rings. The molecule has 0 radical (unpaired) electrons. The average molecular weight is 237 g/mol. The number of amides is 2. The van der Waals surface area contributed by atoms with E-state index < -0.39 is 0 Å². The Hall–Kier alpha value is -2.54. The van der Waals surface area contributed by atoms with Gasteiger partial charge in [-0.3, -0.25) is 0 Å². The first kappa shape index (κ1) is 10.6. The first-order valence-electron chi connectivity index (χ1n) is 5.74. The summed E-state index contributed by atoms with van der Waals surface area (Å²) >= 11 is 0. The van der Waals surface area contributed by atoms with Crippen LogP contribution in [0.15, 0.2) is 42.5 Å². The summed E-state index contributed by atoms with van der Waals surface area (Å²) in [6.45, 7) is 0.397. The van der Waals surface area contributed by atoms with Crippen molar-refractivity contribution >= 4 is 16.8 Å². The molecule has 0 bridgehead atoms. The van der Waals surface area contributed by atoms with Crippen LogP contribution >= 0.6 is 0 Å². The summed E-state index contributed by atoms with van der Waals surface area (Å²) in [4.78, 5) is 12.6. The second-order valence-electron chi connectivity index (χ2n) is 4.32. The van der Waals surface area contributed by atoms with Gasteiger partial charge in [-0.2, -0.15) is 5.26 Å². The van der Waals surface area contributed by atoms with Gasteiger partial charge in [-0.1, -0.05) is 36.4 Å². The molecule has 0 saturated carbocycles. The highest BCUT2D eigenvalue weighted by Crippen LogP contribution is 2.23. The van der Waals surface area contributed by atoms with Crippen molar-refractivity contribution < 1.29 is 4.79 Å². The Balaban J connectivity index is 1.96. The maximum absolute atomic E-state index is 11.4. The van der Waals surface area contributed by atoms with Crippen LogP contribution in [0.2, 0.25) is 0 Å². The predicted molar refractivity (Wildman–Crippen MR) is 67.5 cm³/mol. The van der Waals surface area contributed by atoms with Gasteiger partial charge >= 0.3 is 6.03 Å². The molecule has 1 unspecified atom stereocenters. The van der Waals surface area contributed by atoms with E-state index in [9.17, 15) is 4.79 Å². The van der Waals surface area contributed by atoms with Gasteiger partial charge in [-0.05, 0) is 22.4 Å². The molecule has 1 saturated heterocycles. The second kappa shape index (κ2) is 4.04. The van der Waals surface area contributed by atoms with Gasteiger partial charge in [0.25, 0.3) is 0 Å². The van der Waals surface area contributed by atoms with Crippen molar-refractivity contribution in [2.24, 2.45) is 0 Å². The molecule has 2 amide bonds. The van der Waals surface area contributed by atoms with Gasteiger partial charge in [0.2, 0.25) is 0 Å². The molecular weight excluding hydrogens is 226 g/mol. The Labute approximate surface area is 104 Å². The smallest absolute Gasteiger partial charge is 0.328 e. The van der Waals surface area contributed by atoms with E-state index >= 15 is 0 Å². The fourth-order valence-corrected chi connectivity index (χ4v) is 2.24. The molecule has 0 aliphatic carbocycles. The number of hydrogen-bond acceptors (Lipinski definition) is 2. The molecule has 4 nitrogen and oxygen atoms in total. The Morgan fingerprint density at radius 2 is 2.00 bits per heavy atom. The van der Waals surface area contributed by atoms with Crippen LogP contribution < -0.4 is 5.32 Å². The largest absolute Gasteiger partial charge is 0.331 e. The molecule has 1 N–H and O–H groups in total. The summed E-state index contributed by atoms with van der Waals surface area (Å²) in [6, 6.07) is 13.7. The van der Waals surface area contributed by atoms with Gasteiger partial charge in [0.05, 0.1) is 12.6 Å². The van der Waals surface area contributed by atoms with Gasteiger partial charge in [0, 0.05) is 0 Å². The summed E-state index contributed by atoms with van der Waals surface area (Å²) in [5, 5.41) is 13.9. The topological polar surface area (TPSA) is 56.1 Å². The standard InChI is InChI=1S/C14H11N3O/c15-9-17-8-13(16-14(17)18)12-6-5-10-3-1-2-4-11(10)7-12/h1-7,13H,8H2,(H,16,18). The molecule has 0 spiro atoms. The third-order valence-corrected chi connectivity index (χ3v) is 3.20. The van der Waals surface area contributed by atoms with E-state index in [2.05, 4.69) is 11.4 Å². The van der Waals surface area contributed by atoms with Crippen LogP contribution in [0.25, 0.3) is 10.8 Å². The molecule has 1 fully saturated rings. The van der Waals surface area contributed by atoms with Crippen molar-refractivity contribution in [3.63, 3.8) is 0 Å². The maximum Gasteiger partial charge on any atom is 0.331 e. The van der Waals surface area contributed by atoms with Crippen LogP contribution in [0.3, 0.4) is 0 Å². The molecule has 2 aromatic carbocycles. The second-order valence-corrected chi connectivity index (χ2v) is 4.32. The molecular formula is C14H11N3O. The van der Waals surface area contributed by atoms with Gasteiger partial charge in [-0.25, -0.2) is 9.69 Å². The van der Waals surface area contributed by atoms with E-state index in [-0.39, 0.29) is 12.1 Å². The number of nitrogens with one attached hydrogen (secondary N) is 1. The van der Waals surface area contributed by atoms with Crippen LogP contribution in [-0.4, -0.2) is 17.5 Å². The number of hydrogen-bond donors (Lipinski definition) is 1. The van der Waals surface area contributed by atoms with Crippen LogP contribution in [0.4, 0.5) is 4.79 Å². The summed E-state index contributed by atoms with van der Waals surface area (Å²) in [7, 11) is 0. The zero-order valence-corrected chi connectivity index (χ0v) is 9.63. The first-order chi connectivity index (χ1) is 8.78. The van der Waals surface area contributed by atoms with Gasteiger partial charge in [0.15, 0.2) is 6.19 Å². The molecule has 3 rings (SSSR count). The lowest BCUT2D eigenvalue weighted by atomic mass is 10.0. The molecule has 4 heteroatoms. The minimum absolute atomic E-state index is 0.109. The zero-order chi connectivity index (χ0) is 12.5. The number of carbonyl (C=O) groups excluding carboxylic acids is 1. The van der Waals surface area contributed by atoms with Crippen LogP contribution in [0.1, 0.15) is 11.6 Å². The molecule has 1 atom stereocenters. The van der Waals surface area contributed by atoms with Crippen molar-refractivity contribution in [1.29, 1.82) is 5.26 Å². The summed E-state index contributed by atoms with van der Waals surface area (Å²) < 4.78 is 0. The summed E-state index contributed by atoms with van der Waals surface area (Å²) in [5.74, 6) is 0. The minimum atomic E-state index is -0.323. The Kier molecular flexibility index (Phi) is 2.38. The normalized spacial score (nSPS) is 18.7. The summed E-state index contributed by atoms with van der Waals surface area (Å²) in [6.07, 6.45) is 1.87. The fraction of sp³-hybridized carbons (Fsp3) is 0.143. The van der Waals surface area contributed by atoms with Crippen LogP contribution in [0, 0.1) is 11.5 Å². The van der Waals surface area contributed by atoms with Crippen molar-refractivity contribution in [3.05, 3.63) is 48.0 Å². The number of nitriles is 1. The molecule has 2 aromatic rings. The highest BCUT2D eigenvalue weighted by Gasteiger charge is 2.29. The zero-order valence-electron chi connectivity index (χ0n) is 9.63. The SMILES string of the molecule is N#CN1CC(c2ccc3ccccc3c2)NC1=O. The molecule has 1 aliphatic heterocycles. The first-order valence-corrected chi connectivity index (χ1v) is 5.74. The van der Waals surface area contributed by atoms with Crippen molar-refractivity contribution in [2.45, 2.75) is 6.04 Å². The van der Waals surface area contributed by atoms with E-state index in [4.69, 9.17) is 5.26 Å². The van der Waals surface area contributed by atoms with E-state index in [0.29, 0.717) is 6.54 Å². The van der Waals surface area contributed by atoms with Gasteiger partial charge < -0.3 is 5.32 Å². The quantitative estimate of drug-likeness (QED) is 0.774. The van der Waals surface area contributed by atoms with Crippen LogP contribution in [0.5, 0.6) is 0 Å². The highest BCUT2D eigenvalue weighted by molar-refractivity contribution is 5.84. The predicted octanol–water partition coefficient (Wildman–Crippen LogP) is 2.39. The molecule has 0 aromatic heterocycles. The molecule has 88 valence electrons. The number of fused-ring (bicyclic) bond motifs is 1. The Morgan fingerprint density at radius 1 is 1.22 bits per heavy atom. The van der Waals surface area contributed by atoms with E-state index in [1.807, 2.05) is 42.6 Å². The van der Waals surface area contributed by atoms with Crippen molar-refractivity contribution in [1.82, 2.24) is 10.2 Å². The van der Waals surface area contributed by atoms with Crippen molar-refractivity contribution in [2.75, 3.05) is 6.54 Å². The monoisotopic (exact) mass is 237 g/mol. The fourth-order valence-electron chi connectivity index (χ4n) is 2.24. The lowest BCUT2D eigenvalue weighted by molar-refractivity contribution is 0.232. The summed E-state index contributed by atoms with van der Waals surface area (Å²) in [5.41, 5.74) is 1.03. The van der Waals surface area contributed by atoms with Gasteiger partial charge in [-0.15, -0.1) is 0 Å². The number of carbonyl (C=O) groups is 1. The Bertz CT molecular complexity index is 659. The number of benzene rings is 2. The Morgan fingerprint density at radius 3 is 2.72 bits per heavy atom. The van der Waals surface area contributed by atoms with Crippen molar-refractivity contribution in [3.8, 4) is 6.19 Å². The number of rotatable bonds is 1. The minimum Gasteiger partial charge on any atom is -0.328 e. The lowest BCUT2D eigenvalue weighted by Gasteiger charge is -2.10. The molecule has 18 heavy (non-hydrogen) atoms. The van der Waals surface area contributed by atoms with E-state index in [1.54, 1.807) is 0 Å². The third kappa shape index (κ3) is 1.66. The molecule has 1 heterocycles. The van der Waals surface area contributed by atoms with Gasteiger partial charge in [0.1, 0.15) is 0 Å². The highest BCUT2D eigenvalue weighted by atomic mass is 16.2. The van der Waals surface area contributed by atoms with E-state index in [1.165, 1.54) is 5.39 Å². The maximum atomic E-state index is 11.4.